The molecule has 0 heterocycles. The minimum Gasteiger partial charge on any atom is -0.307 e. The minimum absolute atomic E-state index is 0.165. The van der Waals surface area contributed by atoms with E-state index in [2.05, 4.69) is 19.2 Å². The highest BCUT2D eigenvalue weighted by atomic mass is 16.6. The Kier molecular flexibility index (Phi) is 5.12. The largest absolute Gasteiger partial charge is 0.307 e. The summed E-state index contributed by atoms with van der Waals surface area (Å²) in [6, 6.07) is 7.66. The Morgan fingerprint density at radius 3 is 2.65 bits per heavy atom. The number of hydrogen-bond donors (Lipinski definition) is 1. The van der Waals surface area contributed by atoms with E-state index in [-0.39, 0.29) is 16.7 Å². The van der Waals surface area contributed by atoms with Gasteiger partial charge in [0.05, 0.1) is 4.92 Å². The number of nitro groups is 1. The van der Waals surface area contributed by atoms with Crippen molar-refractivity contribution in [3.63, 3.8) is 0 Å². The predicted octanol–water partition coefficient (Wildman–Crippen LogP) is 4.21. The van der Waals surface area contributed by atoms with E-state index in [9.17, 15) is 10.1 Å². The molecule has 1 aliphatic carbocycles. The number of non-ortho nitro benzene ring substituents is 1. The van der Waals surface area contributed by atoms with Crippen LogP contribution < -0.4 is 5.32 Å². The normalized spacial score (nSPS) is 24.3. The van der Waals surface area contributed by atoms with E-state index in [1.165, 1.54) is 32.1 Å². The van der Waals surface area contributed by atoms with Crippen LogP contribution in [0.1, 0.15) is 57.6 Å². The van der Waals surface area contributed by atoms with Gasteiger partial charge in [-0.3, -0.25) is 10.1 Å². The van der Waals surface area contributed by atoms with E-state index >= 15 is 0 Å². The molecule has 1 fully saturated rings. The van der Waals surface area contributed by atoms with Crippen molar-refractivity contribution in [3.8, 4) is 0 Å². The molecule has 0 aromatic heterocycles. The number of nitrogens with zero attached hydrogens (tertiary/aromatic N) is 1. The van der Waals surface area contributed by atoms with Crippen molar-refractivity contribution in [1.82, 2.24) is 5.32 Å². The van der Waals surface area contributed by atoms with Gasteiger partial charge >= 0.3 is 0 Å². The lowest BCUT2D eigenvalue weighted by molar-refractivity contribution is -0.384. The number of nitrogens with one attached hydrogen (secondary N) is 1. The van der Waals surface area contributed by atoms with Crippen molar-refractivity contribution in [2.45, 2.75) is 58.0 Å². The van der Waals surface area contributed by atoms with Gasteiger partial charge in [0, 0.05) is 24.2 Å². The fourth-order valence-electron chi connectivity index (χ4n) is 3.09. The van der Waals surface area contributed by atoms with E-state index in [1.54, 1.807) is 18.2 Å². The van der Waals surface area contributed by atoms with Crippen molar-refractivity contribution in [3.05, 3.63) is 39.9 Å². The number of hydrogen-bond acceptors (Lipinski definition) is 3. The summed E-state index contributed by atoms with van der Waals surface area (Å²) in [6.45, 7) is 4.36. The van der Waals surface area contributed by atoms with Crippen LogP contribution in [0.5, 0.6) is 0 Å². The SMILES string of the molecule is CCC1CCC(NC(C)c2cccc([N+](=O)[O-])c2)CC1. The Morgan fingerprint density at radius 2 is 2.05 bits per heavy atom. The van der Waals surface area contributed by atoms with E-state index in [1.807, 2.05) is 6.07 Å². The fraction of sp³-hybridized carbons (Fsp3) is 0.625. The van der Waals surface area contributed by atoms with Gasteiger partial charge in [0.25, 0.3) is 5.69 Å². The lowest BCUT2D eigenvalue weighted by Gasteiger charge is -2.31. The molecule has 2 rings (SSSR count). The van der Waals surface area contributed by atoms with E-state index in [4.69, 9.17) is 0 Å². The van der Waals surface area contributed by atoms with E-state index < -0.39 is 0 Å². The van der Waals surface area contributed by atoms with Gasteiger partial charge < -0.3 is 5.32 Å². The highest BCUT2D eigenvalue weighted by Crippen LogP contribution is 2.28. The fourth-order valence-corrected chi connectivity index (χ4v) is 3.09. The first-order valence-corrected chi connectivity index (χ1v) is 7.60. The highest BCUT2D eigenvalue weighted by molar-refractivity contribution is 5.35. The second-order valence-electron chi connectivity index (χ2n) is 5.87. The molecular weight excluding hydrogens is 252 g/mol. The van der Waals surface area contributed by atoms with Crippen molar-refractivity contribution >= 4 is 5.69 Å². The van der Waals surface area contributed by atoms with Crippen molar-refractivity contribution in [2.75, 3.05) is 0 Å². The molecule has 0 spiro atoms. The molecular formula is C16H24N2O2. The number of rotatable bonds is 5. The molecule has 0 radical (unpaired) electrons. The molecule has 0 saturated heterocycles. The summed E-state index contributed by atoms with van der Waals surface area (Å²) in [4.78, 5) is 10.5. The Hall–Kier alpha value is -1.42. The van der Waals surface area contributed by atoms with Crippen molar-refractivity contribution < 1.29 is 4.92 Å². The first kappa shape index (κ1) is 15.0. The zero-order valence-corrected chi connectivity index (χ0v) is 12.3. The number of nitro benzene ring substituents is 1. The maximum Gasteiger partial charge on any atom is 0.269 e. The summed E-state index contributed by atoms with van der Waals surface area (Å²) >= 11 is 0. The van der Waals surface area contributed by atoms with Crippen molar-refractivity contribution in [2.24, 2.45) is 5.92 Å². The monoisotopic (exact) mass is 276 g/mol. The topological polar surface area (TPSA) is 55.2 Å². The van der Waals surface area contributed by atoms with Gasteiger partial charge in [0.1, 0.15) is 0 Å². The Bertz CT molecular complexity index is 454. The van der Waals surface area contributed by atoms with Crippen LogP contribution in [-0.4, -0.2) is 11.0 Å². The van der Waals surface area contributed by atoms with Gasteiger partial charge in [-0.15, -0.1) is 0 Å². The molecule has 1 aromatic rings. The van der Waals surface area contributed by atoms with Crippen LogP contribution in [0.4, 0.5) is 5.69 Å². The molecule has 1 atom stereocenters. The van der Waals surface area contributed by atoms with Gasteiger partial charge in [-0.05, 0) is 44.1 Å². The molecule has 1 aliphatic rings. The molecule has 4 heteroatoms. The number of benzene rings is 1. The highest BCUT2D eigenvalue weighted by Gasteiger charge is 2.21. The van der Waals surface area contributed by atoms with Crippen LogP contribution in [0.2, 0.25) is 0 Å². The lowest BCUT2D eigenvalue weighted by atomic mass is 9.84. The van der Waals surface area contributed by atoms with Gasteiger partial charge in [0.2, 0.25) is 0 Å². The summed E-state index contributed by atoms with van der Waals surface area (Å²) in [6.07, 6.45) is 6.33. The molecule has 0 bridgehead atoms. The second-order valence-corrected chi connectivity index (χ2v) is 5.87. The minimum atomic E-state index is -0.331. The average Bonchev–Trinajstić information content (AvgIpc) is 2.48. The maximum absolute atomic E-state index is 10.8. The predicted molar refractivity (Wildman–Crippen MR) is 80.7 cm³/mol. The van der Waals surface area contributed by atoms with Crippen LogP contribution in [0.15, 0.2) is 24.3 Å². The van der Waals surface area contributed by atoms with E-state index in [0.717, 1.165) is 11.5 Å². The Balaban J connectivity index is 1.93. The van der Waals surface area contributed by atoms with Crippen LogP contribution in [0, 0.1) is 16.0 Å². The quantitative estimate of drug-likeness (QED) is 0.647. The zero-order valence-electron chi connectivity index (χ0n) is 12.3. The molecule has 1 saturated carbocycles. The summed E-state index contributed by atoms with van der Waals surface area (Å²) < 4.78 is 0. The van der Waals surface area contributed by atoms with Crippen LogP contribution in [0.3, 0.4) is 0 Å². The molecule has 110 valence electrons. The lowest BCUT2D eigenvalue weighted by Crippen LogP contribution is -2.34. The second kappa shape index (κ2) is 6.84. The third kappa shape index (κ3) is 3.79. The molecule has 4 nitrogen and oxygen atoms in total. The zero-order chi connectivity index (χ0) is 14.5. The summed E-state index contributed by atoms with van der Waals surface area (Å²) in [5.41, 5.74) is 1.17. The van der Waals surface area contributed by atoms with Gasteiger partial charge in [-0.2, -0.15) is 0 Å². The molecule has 1 unspecified atom stereocenters. The van der Waals surface area contributed by atoms with Crippen LogP contribution in [-0.2, 0) is 0 Å². The molecule has 1 aromatic carbocycles. The third-order valence-electron chi connectivity index (χ3n) is 4.49. The standard InChI is InChI=1S/C16H24N2O2/c1-3-13-7-9-15(10-8-13)17-12(2)14-5-4-6-16(11-14)18(19)20/h4-6,11-13,15,17H,3,7-10H2,1-2H3. The van der Waals surface area contributed by atoms with Crippen LogP contribution >= 0.6 is 0 Å². The molecule has 20 heavy (non-hydrogen) atoms. The maximum atomic E-state index is 10.8. The average molecular weight is 276 g/mol. The van der Waals surface area contributed by atoms with Gasteiger partial charge in [0.15, 0.2) is 0 Å². The third-order valence-corrected chi connectivity index (χ3v) is 4.49. The first-order chi connectivity index (χ1) is 9.60. The Labute approximate surface area is 120 Å². The van der Waals surface area contributed by atoms with Crippen LogP contribution in [0.25, 0.3) is 0 Å². The smallest absolute Gasteiger partial charge is 0.269 e. The summed E-state index contributed by atoms with van der Waals surface area (Å²) in [5.74, 6) is 0.890. The molecule has 1 N–H and O–H groups in total. The summed E-state index contributed by atoms with van der Waals surface area (Å²) in [5, 5.41) is 14.4. The molecule has 0 amide bonds. The van der Waals surface area contributed by atoms with Gasteiger partial charge in [-0.1, -0.05) is 25.5 Å². The summed E-state index contributed by atoms with van der Waals surface area (Å²) in [7, 11) is 0. The first-order valence-electron chi connectivity index (χ1n) is 7.60. The Morgan fingerprint density at radius 1 is 1.35 bits per heavy atom. The van der Waals surface area contributed by atoms with E-state index in [0.29, 0.717) is 6.04 Å². The van der Waals surface area contributed by atoms with Crippen molar-refractivity contribution in [1.29, 1.82) is 0 Å². The molecule has 0 aliphatic heterocycles. The van der Waals surface area contributed by atoms with Gasteiger partial charge in [-0.25, -0.2) is 0 Å².